The molecular formula is C20H22N6O3S. The zero-order valence-corrected chi connectivity index (χ0v) is 17.5. The lowest BCUT2D eigenvalue weighted by Crippen LogP contribution is -2.31. The molecule has 0 amide bonds. The zero-order valence-electron chi connectivity index (χ0n) is 16.7. The van der Waals surface area contributed by atoms with E-state index in [0.717, 1.165) is 12.0 Å². The number of benzene rings is 1. The first kappa shape index (κ1) is 20.2. The third-order valence-electron chi connectivity index (χ3n) is 4.91. The van der Waals surface area contributed by atoms with E-state index in [0.29, 0.717) is 36.2 Å². The molecule has 1 fully saturated rings. The van der Waals surface area contributed by atoms with Gasteiger partial charge in [-0.25, -0.2) is 23.4 Å². The number of aryl methyl sites for hydroxylation is 1. The van der Waals surface area contributed by atoms with E-state index < -0.39 is 16.1 Å². The highest BCUT2D eigenvalue weighted by Gasteiger charge is 2.38. The standard InChI is InChI=1S/C20H22N6O3S/c1-14-6-7-17(29-2)18(11-14)30(27,28)26-10-3-5-16(26)15-12-21-13-19(24-15)25-20-22-8-4-9-23-20/h4,6-9,11-13,16H,3,5,10H2,1-2H3,(H,22,23,24,25). The van der Waals surface area contributed by atoms with Crippen molar-refractivity contribution in [3.05, 3.63) is 60.3 Å². The topological polar surface area (TPSA) is 110 Å². The Morgan fingerprint density at radius 2 is 2.00 bits per heavy atom. The summed E-state index contributed by atoms with van der Waals surface area (Å²) in [6.07, 6.45) is 7.78. The van der Waals surface area contributed by atoms with Crippen molar-refractivity contribution >= 4 is 21.8 Å². The van der Waals surface area contributed by atoms with Crippen molar-refractivity contribution in [3.63, 3.8) is 0 Å². The summed E-state index contributed by atoms with van der Waals surface area (Å²) in [5.41, 5.74) is 1.42. The summed E-state index contributed by atoms with van der Waals surface area (Å²) in [6, 6.07) is 6.45. The molecule has 1 N–H and O–H groups in total. The summed E-state index contributed by atoms with van der Waals surface area (Å²) in [4.78, 5) is 17.2. The number of nitrogens with zero attached hydrogens (tertiary/aromatic N) is 5. The lowest BCUT2D eigenvalue weighted by atomic mass is 10.2. The minimum atomic E-state index is -3.78. The molecule has 156 valence electrons. The number of aromatic nitrogens is 4. The van der Waals surface area contributed by atoms with Gasteiger partial charge in [0.1, 0.15) is 10.6 Å². The van der Waals surface area contributed by atoms with Gasteiger partial charge >= 0.3 is 0 Å². The molecule has 0 radical (unpaired) electrons. The van der Waals surface area contributed by atoms with Gasteiger partial charge in [0.2, 0.25) is 16.0 Å². The van der Waals surface area contributed by atoms with Gasteiger partial charge in [-0.2, -0.15) is 4.31 Å². The van der Waals surface area contributed by atoms with E-state index in [9.17, 15) is 8.42 Å². The van der Waals surface area contributed by atoms with Crippen LogP contribution in [-0.2, 0) is 10.0 Å². The fourth-order valence-electron chi connectivity index (χ4n) is 3.52. The van der Waals surface area contributed by atoms with Crippen molar-refractivity contribution in [2.75, 3.05) is 19.0 Å². The summed E-state index contributed by atoms with van der Waals surface area (Å²) in [6.45, 7) is 2.26. The first-order valence-corrected chi connectivity index (χ1v) is 11.0. The Hall–Kier alpha value is -3.11. The largest absolute Gasteiger partial charge is 0.495 e. The van der Waals surface area contributed by atoms with E-state index in [4.69, 9.17) is 4.74 Å². The molecule has 10 heteroatoms. The van der Waals surface area contributed by atoms with Crippen LogP contribution in [0, 0.1) is 6.92 Å². The van der Waals surface area contributed by atoms with Gasteiger partial charge in [-0.05, 0) is 43.5 Å². The van der Waals surface area contributed by atoms with Crippen LogP contribution < -0.4 is 10.1 Å². The smallest absolute Gasteiger partial charge is 0.247 e. The summed E-state index contributed by atoms with van der Waals surface area (Å²) in [5, 5.41) is 2.99. The quantitative estimate of drug-likeness (QED) is 0.641. The van der Waals surface area contributed by atoms with Crippen LogP contribution in [0.1, 0.15) is 30.1 Å². The average Bonchev–Trinajstić information content (AvgIpc) is 3.26. The predicted octanol–water partition coefficient (Wildman–Crippen LogP) is 2.85. The Labute approximate surface area is 175 Å². The Morgan fingerprint density at radius 1 is 1.20 bits per heavy atom. The lowest BCUT2D eigenvalue weighted by molar-refractivity contribution is 0.377. The maximum absolute atomic E-state index is 13.5. The molecule has 3 aromatic rings. The fourth-order valence-corrected chi connectivity index (χ4v) is 5.43. The highest BCUT2D eigenvalue weighted by molar-refractivity contribution is 7.89. The normalized spacial score (nSPS) is 17.1. The van der Waals surface area contributed by atoms with Gasteiger partial charge in [-0.1, -0.05) is 6.07 Å². The van der Waals surface area contributed by atoms with Gasteiger partial charge < -0.3 is 10.1 Å². The van der Waals surface area contributed by atoms with E-state index in [-0.39, 0.29) is 4.90 Å². The number of hydrogen-bond donors (Lipinski definition) is 1. The molecule has 1 aliphatic heterocycles. The van der Waals surface area contributed by atoms with Gasteiger partial charge in [-0.3, -0.25) is 4.98 Å². The van der Waals surface area contributed by atoms with Crippen LogP contribution in [0.3, 0.4) is 0 Å². The second-order valence-electron chi connectivity index (χ2n) is 6.95. The predicted molar refractivity (Wildman–Crippen MR) is 111 cm³/mol. The van der Waals surface area contributed by atoms with Gasteiger partial charge in [0.25, 0.3) is 0 Å². The summed E-state index contributed by atoms with van der Waals surface area (Å²) >= 11 is 0. The van der Waals surface area contributed by atoms with Crippen molar-refractivity contribution in [1.82, 2.24) is 24.2 Å². The lowest BCUT2D eigenvalue weighted by Gasteiger charge is -2.24. The first-order chi connectivity index (χ1) is 14.5. The first-order valence-electron chi connectivity index (χ1n) is 9.51. The minimum Gasteiger partial charge on any atom is -0.495 e. The van der Waals surface area contributed by atoms with E-state index >= 15 is 0 Å². The van der Waals surface area contributed by atoms with Crippen molar-refractivity contribution in [2.45, 2.75) is 30.7 Å². The SMILES string of the molecule is COc1ccc(C)cc1S(=O)(=O)N1CCCC1c1cncc(Nc2ncccn2)n1. The molecule has 0 saturated carbocycles. The highest BCUT2D eigenvalue weighted by Crippen LogP contribution is 2.38. The maximum atomic E-state index is 13.5. The van der Waals surface area contributed by atoms with Gasteiger partial charge in [0, 0.05) is 18.9 Å². The van der Waals surface area contributed by atoms with Gasteiger partial charge in [0.05, 0.1) is 31.2 Å². The minimum absolute atomic E-state index is 0.164. The van der Waals surface area contributed by atoms with Crippen molar-refractivity contribution in [1.29, 1.82) is 0 Å². The molecule has 2 aromatic heterocycles. The Morgan fingerprint density at radius 3 is 2.77 bits per heavy atom. The van der Waals surface area contributed by atoms with E-state index in [1.54, 1.807) is 43.0 Å². The molecule has 0 spiro atoms. The molecule has 0 aliphatic carbocycles. The molecule has 1 aliphatic rings. The molecule has 1 saturated heterocycles. The zero-order chi connectivity index (χ0) is 21.1. The molecule has 1 unspecified atom stereocenters. The van der Waals surface area contributed by atoms with Gasteiger partial charge in [-0.15, -0.1) is 0 Å². The van der Waals surface area contributed by atoms with Gasteiger partial charge in [0.15, 0.2) is 5.82 Å². The van der Waals surface area contributed by atoms with Crippen molar-refractivity contribution < 1.29 is 13.2 Å². The molecule has 9 nitrogen and oxygen atoms in total. The number of rotatable bonds is 6. The van der Waals surface area contributed by atoms with Crippen LogP contribution in [0.2, 0.25) is 0 Å². The molecule has 30 heavy (non-hydrogen) atoms. The third-order valence-corrected chi connectivity index (χ3v) is 6.84. The summed E-state index contributed by atoms with van der Waals surface area (Å²) < 4.78 is 33.8. The van der Waals surface area contributed by atoms with E-state index in [1.807, 2.05) is 13.0 Å². The Bertz CT molecular complexity index is 1140. The second kappa shape index (κ2) is 8.33. The third kappa shape index (κ3) is 3.96. The fraction of sp³-hybridized carbons (Fsp3) is 0.300. The monoisotopic (exact) mass is 426 g/mol. The van der Waals surface area contributed by atoms with Crippen LogP contribution in [0.25, 0.3) is 0 Å². The molecule has 1 aromatic carbocycles. The number of nitrogens with one attached hydrogen (secondary N) is 1. The molecular weight excluding hydrogens is 404 g/mol. The number of hydrogen-bond acceptors (Lipinski definition) is 8. The molecule has 1 atom stereocenters. The van der Waals surface area contributed by atoms with Crippen LogP contribution in [0.4, 0.5) is 11.8 Å². The van der Waals surface area contributed by atoms with Crippen molar-refractivity contribution in [3.8, 4) is 5.75 Å². The Kier molecular flexibility index (Phi) is 5.60. The van der Waals surface area contributed by atoms with Crippen LogP contribution in [0.5, 0.6) is 5.75 Å². The van der Waals surface area contributed by atoms with E-state index in [2.05, 4.69) is 25.3 Å². The number of sulfonamides is 1. The van der Waals surface area contributed by atoms with Crippen LogP contribution in [-0.4, -0.2) is 46.3 Å². The molecule has 0 bridgehead atoms. The van der Waals surface area contributed by atoms with Crippen LogP contribution in [0.15, 0.2) is 53.9 Å². The second-order valence-corrected chi connectivity index (χ2v) is 8.81. The summed E-state index contributed by atoms with van der Waals surface area (Å²) in [5.74, 6) is 1.18. The van der Waals surface area contributed by atoms with E-state index in [1.165, 1.54) is 11.4 Å². The maximum Gasteiger partial charge on any atom is 0.247 e. The number of methoxy groups -OCH3 is 1. The highest BCUT2D eigenvalue weighted by atomic mass is 32.2. The molecule has 3 heterocycles. The summed E-state index contributed by atoms with van der Waals surface area (Å²) in [7, 11) is -2.31. The Balaban J connectivity index is 1.66. The number of ether oxygens (including phenoxy) is 1. The van der Waals surface area contributed by atoms with Crippen LogP contribution >= 0.6 is 0 Å². The molecule has 4 rings (SSSR count). The average molecular weight is 427 g/mol. The number of anilines is 2. The van der Waals surface area contributed by atoms with Crippen molar-refractivity contribution in [2.24, 2.45) is 0 Å².